The number of hydrogen-bond acceptors (Lipinski definition) is 4. The highest BCUT2D eigenvalue weighted by Gasteiger charge is 2.17. The van der Waals surface area contributed by atoms with E-state index in [0.29, 0.717) is 0 Å². The fourth-order valence-electron chi connectivity index (χ4n) is 2.39. The van der Waals surface area contributed by atoms with E-state index in [1.165, 1.54) is 0 Å². The smallest absolute Gasteiger partial charge is 0.119 e. The number of rotatable bonds is 6. The standard InChI is InChI=1S/C15H23BrN2O2/c1-13(19)12-18-8-6-17(7-9-18)10-11-20-15-4-2-14(16)3-5-15/h2-5,13,19H,6-12H2,1H3/t13-/m0/s1. The van der Waals surface area contributed by atoms with Gasteiger partial charge < -0.3 is 9.84 Å². The van der Waals surface area contributed by atoms with Crippen LogP contribution in [0.5, 0.6) is 5.75 Å². The molecule has 2 rings (SSSR count). The molecule has 4 nitrogen and oxygen atoms in total. The lowest BCUT2D eigenvalue weighted by molar-refractivity contribution is 0.0750. The summed E-state index contributed by atoms with van der Waals surface area (Å²) in [6, 6.07) is 7.93. The van der Waals surface area contributed by atoms with Crippen molar-refractivity contribution in [1.82, 2.24) is 9.80 Å². The van der Waals surface area contributed by atoms with Gasteiger partial charge in [-0.1, -0.05) is 15.9 Å². The quantitative estimate of drug-likeness (QED) is 0.855. The number of benzene rings is 1. The SMILES string of the molecule is C[C@H](O)CN1CCN(CCOc2ccc(Br)cc2)CC1. The Hall–Kier alpha value is -0.620. The molecule has 1 saturated heterocycles. The van der Waals surface area contributed by atoms with Crippen LogP contribution >= 0.6 is 15.9 Å². The summed E-state index contributed by atoms with van der Waals surface area (Å²) in [4.78, 5) is 4.73. The van der Waals surface area contributed by atoms with Crippen LogP contribution < -0.4 is 4.74 Å². The normalized spacial score (nSPS) is 18.9. The zero-order valence-corrected chi connectivity index (χ0v) is 13.6. The minimum absolute atomic E-state index is 0.234. The number of ether oxygens (including phenoxy) is 1. The minimum atomic E-state index is -0.234. The van der Waals surface area contributed by atoms with E-state index >= 15 is 0 Å². The predicted molar refractivity (Wildman–Crippen MR) is 84.2 cm³/mol. The molecule has 0 saturated carbocycles. The lowest BCUT2D eigenvalue weighted by atomic mass is 10.3. The van der Waals surface area contributed by atoms with E-state index in [0.717, 1.165) is 56.1 Å². The fourth-order valence-corrected chi connectivity index (χ4v) is 2.66. The van der Waals surface area contributed by atoms with Crippen molar-refractivity contribution in [2.45, 2.75) is 13.0 Å². The molecular formula is C15H23BrN2O2. The molecule has 0 amide bonds. The Kier molecular flexibility index (Phi) is 6.29. The molecule has 1 aromatic rings. The summed E-state index contributed by atoms with van der Waals surface area (Å²) < 4.78 is 6.81. The predicted octanol–water partition coefficient (Wildman–Crippen LogP) is 1.83. The number of aliphatic hydroxyl groups is 1. The molecule has 1 aliphatic rings. The monoisotopic (exact) mass is 342 g/mol. The summed E-state index contributed by atoms with van der Waals surface area (Å²) in [5, 5.41) is 9.38. The molecule has 1 atom stereocenters. The van der Waals surface area contributed by atoms with Gasteiger partial charge in [0.05, 0.1) is 6.10 Å². The second-order valence-electron chi connectivity index (χ2n) is 5.29. The van der Waals surface area contributed by atoms with Crippen molar-refractivity contribution in [2.75, 3.05) is 45.9 Å². The van der Waals surface area contributed by atoms with Gasteiger partial charge in [0.1, 0.15) is 12.4 Å². The van der Waals surface area contributed by atoms with Crippen molar-refractivity contribution >= 4 is 15.9 Å². The number of hydrogen-bond donors (Lipinski definition) is 1. The van der Waals surface area contributed by atoms with Gasteiger partial charge >= 0.3 is 0 Å². The third-order valence-corrected chi connectivity index (χ3v) is 4.01. The van der Waals surface area contributed by atoms with Crippen LogP contribution in [0.3, 0.4) is 0 Å². The summed E-state index contributed by atoms with van der Waals surface area (Å²) >= 11 is 3.41. The summed E-state index contributed by atoms with van der Waals surface area (Å²) in [7, 11) is 0. The van der Waals surface area contributed by atoms with Crippen LogP contribution in [0, 0.1) is 0 Å². The highest BCUT2D eigenvalue weighted by molar-refractivity contribution is 9.10. The third kappa shape index (κ3) is 5.40. The summed E-state index contributed by atoms with van der Waals surface area (Å²) in [6.45, 7) is 8.47. The first-order valence-corrected chi connectivity index (χ1v) is 7.94. The van der Waals surface area contributed by atoms with Crippen LogP contribution in [0.2, 0.25) is 0 Å². The van der Waals surface area contributed by atoms with E-state index in [-0.39, 0.29) is 6.10 Å². The molecule has 0 unspecified atom stereocenters. The van der Waals surface area contributed by atoms with E-state index in [1.807, 2.05) is 31.2 Å². The van der Waals surface area contributed by atoms with E-state index < -0.39 is 0 Å². The van der Waals surface area contributed by atoms with Crippen LogP contribution in [0.1, 0.15) is 6.92 Å². The van der Waals surface area contributed by atoms with Gasteiger partial charge in [0.15, 0.2) is 0 Å². The van der Waals surface area contributed by atoms with E-state index in [4.69, 9.17) is 4.74 Å². The molecule has 0 aliphatic carbocycles. The van der Waals surface area contributed by atoms with Gasteiger partial charge in [-0.2, -0.15) is 0 Å². The Morgan fingerprint density at radius 2 is 1.75 bits per heavy atom. The Morgan fingerprint density at radius 3 is 2.35 bits per heavy atom. The molecule has 20 heavy (non-hydrogen) atoms. The molecule has 112 valence electrons. The topological polar surface area (TPSA) is 35.9 Å². The molecule has 1 heterocycles. The highest BCUT2D eigenvalue weighted by Crippen LogP contribution is 2.16. The van der Waals surface area contributed by atoms with Crippen LogP contribution in [-0.2, 0) is 0 Å². The molecule has 0 aromatic heterocycles. The lowest BCUT2D eigenvalue weighted by Gasteiger charge is -2.35. The molecule has 5 heteroatoms. The fraction of sp³-hybridized carbons (Fsp3) is 0.600. The van der Waals surface area contributed by atoms with Gasteiger partial charge in [-0.05, 0) is 31.2 Å². The Labute approximate surface area is 129 Å². The van der Waals surface area contributed by atoms with Crippen molar-refractivity contribution in [3.63, 3.8) is 0 Å². The maximum Gasteiger partial charge on any atom is 0.119 e. The first kappa shape index (κ1) is 15.8. The van der Waals surface area contributed by atoms with Gasteiger partial charge in [-0.3, -0.25) is 9.80 Å². The first-order valence-electron chi connectivity index (χ1n) is 7.14. The average Bonchev–Trinajstić information content (AvgIpc) is 2.42. The van der Waals surface area contributed by atoms with Crippen LogP contribution in [0.4, 0.5) is 0 Å². The first-order chi connectivity index (χ1) is 9.63. The second kappa shape index (κ2) is 7.98. The van der Waals surface area contributed by atoms with Crippen molar-refractivity contribution in [2.24, 2.45) is 0 Å². The van der Waals surface area contributed by atoms with Crippen LogP contribution in [-0.4, -0.2) is 66.9 Å². The molecule has 0 radical (unpaired) electrons. The summed E-state index contributed by atoms with van der Waals surface area (Å²) in [6.07, 6.45) is -0.234. The molecule has 1 fully saturated rings. The number of aliphatic hydroxyl groups excluding tert-OH is 1. The van der Waals surface area contributed by atoms with Crippen molar-refractivity contribution in [3.8, 4) is 5.75 Å². The Bertz CT molecular complexity index is 389. The summed E-state index contributed by atoms with van der Waals surface area (Å²) in [5.41, 5.74) is 0. The number of β-amino-alcohol motifs (C(OH)–C–C–N with tert-alkyl or cyclic N) is 1. The van der Waals surface area contributed by atoms with E-state index in [2.05, 4.69) is 25.7 Å². The Balaban J connectivity index is 1.62. The largest absolute Gasteiger partial charge is 0.492 e. The van der Waals surface area contributed by atoms with Gasteiger partial charge in [0.25, 0.3) is 0 Å². The molecule has 0 bridgehead atoms. The van der Waals surface area contributed by atoms with Crippen molar-refractivity contribution in [1.29, 1.82) is 0 Å². The number of piperazine rings is 1. The average molecular weight is 343 g/mol. The number of halogens is 1. The van der Waals surface area contributed by atoms with Crippen LogP contribution in [0.15, 0.2) is 28.7 Å². The zero-order chi connectivity index (χ0) is 14.4. The van der Waals surface area contributed by atoms with E-state index in [1.54, 1.807) is 0 Å². The molecule has 1 N–H and O–H groups in total. The number of nitrogens with zero attached hydrogens (tertiary/aromatic N) is 2. The molecule has 1 aliphatic heterocycles. The maximum atomic E-state index is 9.38. The molecule has 1 aromatic carbocycles. The summed E-state index contributed by atoms with van der Waals surface area (Å²) in [5.74, 6) is 0.918. The lowest BCUT2D eigenvalue weighted by Crippen LogP contribution is -2.49. The van der Waals surface area contributed by atoms with E-state index in [9.17, 15) is 5.11 Å². The van der Waals surface area contributed by atoms with Gasteiger partial charge in [-0.15, -0.1) is 0 Å². The molecule has 0 spiro atoms. The van der Waals surface area contributed by atoms with Crippen LogP contribution in [0.25, 0.3) is 0 Å². The zero-order valence-electron chi connectivity index (χ0n) is 12.0. The molecular weight excluding hydrogens is 320 g/mol. The minimum Gasteiger partial charge on any atom is -0.492 e. The van der Waals surface area contributed by atoms with Gasteiger partial charge in [0.2, 0.25) is 0 Å². The second-order valence-corrected chi connectivity index (χ2v) is 6.21. The maximum absolute atomic E-state index is 9.38. The third-order valence-electron chi connectivity index (χ3n) is 3.48. The van der Waals surface area contributed by atoms with Crippen molar-refractivity contribution in [3.05, 3.63) is 28.7 Å². The van der Waals surface area contributed by atoms with Gasteiger partial charge in [-0.25, -0.2) is 0 Å². The van der Waals surface area contributed by atoms with Crippen molar-refractivity contribution < 1.29 is 9.84 Å². The highest BCUT2D eigenvalue weighted by atomic mass is 79.9. The Morgan fingerprint density at radius 1 is 1.15 bits per heavy atom. The van der Waals surface area contributed by atoms with Gasteiger partial charge in [0, 0.05) is 43.7 Å².